The Labute approximate surface area is 69.4 Å². The lowest BCUT2D eigenvalue weighted by molar-refractivity contribution is 0.260. The number of nitrogens with zero attached hydrogens (tertiary/aromatic N) is 1. The molecule has 1 rings (SSSR count). The number of hydrogen-bond acceptors (Lipinski definition) is 1. The van der Waals surface area contributed by atoms with E-state index in [9.17, 15) is 0 Å². The summed E-state index contributed by atoms with van der Waals surface area (Å²) in [6, 6.07) is 2.34. The molecule has 1 heteroatoms. The van der Waals surface area contributed by atoms with E-state index in [2.05, 4.69) is 6.07 Å². The van der Waals surface area contributed by atoms with Crippen LogP contribution in [0.3, 0.4) is 0 Å². The zero-order valence-corrected chi connectivity index (χ0v) is 7.56. The van der Waals surface area contributed by atoms with Gasteiger partial charge in [0.25, 0.3) is 0 Å². The Hall–Kier alpha value is -0.510. The van der Waals surface area contributed by atoms with E-state index in [-0.39, 0.29) is 5.41 Å². The molecule has 0 N–H and O–H groups in total. The normalized spacial score (nSPS) is 19.0. The Balaban J connectivity index is 2.16. The van der Waals surface area contributed by atoms with Gasteiger partial charge in [0.2, 0.25) is 0 Å². The average molecular weight is 151 g/mol. The molecule has 0 unspecified atom stereocenters. The Morgan fingerprint density at radius 1 is 1.45 bits per heavy atom. The first-order chi connectivity index (χ1) is 5.14. The minimum atomic E-state index is -0.0877. The van der Waals surface area contributed by atoms with Crippen LogP contribution in [0.5, 0.6) is 0 Å². The van der Waals surface area contributed by atoms with Gasteiger partial charge in [0.05, 0.1) is 11.5 Å². The second-order valence-electron chi connectivity index (χ2n) is 4.33. The van der Waals surface area contributed by atoms with Gasteiger partial charge in [-0.15, -0.1) is 0 Å². The second-order valence-corrected chi connectivity index (χ2v) is 4.33. The van der Waals surface area contributed by atoms with Crippen molar-refractivity contribution in [1.29, 1.82) is 5.26 Å². The predicted molar refractivity (Wildman–Crippen MR) is 46.0 cm³/mol. The summed E-state index contributed by atoms with van der Waals surface area (Å²) in [4.78, 5) is 0. The molecule has 0 spiro atoms. The summed E-state index contributed by atoms with van der Waals surface area (Å²) < 4.78 is 0. The van der Waals surface area contributed by atoms with E-state index in [0.717, 1.165) is 12.3 Å². The van der Waals surface area contributed by atoms with Gasteiger partial charge in [-0.3, -0.25) is 0 Å². The number of hydrogen-bond donors (Lipinski definition) is 0. The third-order valence-electron chi connectivity index (χ3n) is 2.70. The van der Waals surface area contributed by atoms with E-state index >= 15 is 0 Å². The standard InChI is InChI=1S/C10H17N/c1-10(2,8-11)7-6-9-4-3-5-9/h9H,3-7H2,1-2H3. The molecular formula is C10H17N. The first-order valence-corrected chi connectivity index (χ1v) is 4.55. The largest absolute Gasteiger partial charge is 0.198 e. The molecule has 1 saturated carbocycles. The summed E-state index contributed by atoms with van der Waals surface area (Å²) >= 11 is 0. The first-order valence-electron chi connectivity index (χ1n) is 4.55. The van der Waals surface area contributed by atoms with E-state index < -0.39 is 0 Å². The smallest absolute Gasteiger partial charge is 0.0683 e. The van der Waals surface area contributed by atoms with Crippen LogP contribution in [0, 0.1) is 22.7 Å². The summed E-state index contributed by atoms with van der Waals surface area (Å²) in [5.74, 6) is 0.947. The first kappa shape index (κ1) is 8.59. The maximum atomic E-state index is 8.75. The molecule has 1 fully saturated rings. The van der Waals surface area contributed by atoms with Crippen LogP contribution >= 0.6 is 0 Å². The SMILES string of the molecule is CC(C)(C#N)CCC1CCC1. The summed E-state index contributed by atoms with van der Waals surface area (Å²) in [6.45, 7) is 4.07. The van der Waals surface area contributed by atoms with Crippen LogP contribution in [0.15, 0.2) is 0 Å². The van der Waals surface area contributed by atoms with E-state index in [1.807, 2.05) is 13.8 Å². The fourth-order valence-corrected chi connectivity index (χ4v) is 1.40. The van der Waals surface area contributed by atoms with Gasteiger partial charge in [-0.1, -0.05) is 19.3 Å². The molecule has 0 heterocycles. The van der Waals surface area contributed by atoms with Crippen molar-refractivity contribution in [2.75, 3.05) is 0 Å². The molecule has 11 heavy (non-hydrogen) atoms. The molecule has 62 valence electrons. The molecule has 0 aromatic heterocycles. The van der Waals surface area contributed by atoms with Gasteiger partial charge >= 0.3 is 0 Å². The van der Waals surface area contributed by atoms with E-state index in [1.54, 1.807) is 0 Å². The van der Waals surface area contributed by atoms with Crippen molar-refractivity contribution in [2.45, 2.75) is 46.0 Å². The van der Waals surface area contributed by atoms with Crippen molar-refractivity contribution in [1.82, 2.24) is 0 Å². The van der Waals surface area contributed by atoms with Gasteiger partial charge in [-0.2, -0.15) is 5.26 Å². The molecule has 0 aromatic rings. The molecule has 1 aliphatic rings. The van der Waals surface area contributed by atoms with Crippen molar-refractivity contribution in [3.63, 3.8) is 0 Å². The highest BCUT2D eigenvalue weighted by molar-refractivity contribution is 4.92. The minimum absolute atomic E-state index is 0.0877. The van der Waals surface area contributed by atoms with Gasteiger partial charge in [-0.25, -0.2) is 0 Å². The van der Waals surface area contributed by atoms with Crippen molar-refractivity contribution in [3.8, 4) is 6.07 Å². The maximum Gasteiger partial charge on any atom is 0.0683 e. The zero-order valence-electron chi connectivity index (χ0n) is 7.56. The maximum absolute atomic E-state index is 8.75. The molecule has 0 amide bonds. The van der Waals surface area contributed by atoms with E-state index in [4.69, 9.17) is 5.26 Å². The molecule has 1 aliphatic carbocycles. The van der Waals surface area contributed by atoms with Gasteiger partial charge in [0, 0.05) is 0 Å². The zero-order chi connectivity index (χ0) is 8.32. The third-order valence-corrected chi connectivity index (χ3v) is 2.70. The second kappa shape index (κ2) is 3.26. The minimum Gasteiger partial charge on any atom is -0.198 e. The van der Waals surface area contributed by atoms with Crippen molar-refractivity contribution < 1.29 is 0 Å². The predicted octanol–water partition coefficient (Wildman–Crippen LogP) is 3.12. The monoisotopic (exact) mass is 151 g/mol. The van der Waals surface area contributed by atoms with Crippen LogP contribution < -0.4 is 0 Å². The van der Waals surface area contributed by atoms with Gasteiger partial charge in [0.15, 0.2) is 0 Å². The molecule has 1 nitrogen and oxygen atoms in total. The van der Waals surface area contributed by atoms with E-state index in [1.165, 1.54) is 25.7 Å². The highest BCUT2D eigenvalue weighted by atomic mass is 14.3. The molecule has 0 bridgehead atoms. The van der Waals surface area contributed by atoms with E-state index in [0.29, 0.717) is 0 Å². The van der Waals surface area contributed by atoms with Crippen LogP contribution in [-0.4, -0.2) is 0 Å². The lowest BCUT2D eigenvalue weighted by atomic mass is 9.77. The molecule has 0 saturated heterocycles. The van der Waals surface area contributed by atoms with Crippen LogP contribution in [0.1, 0.15) is 46.0 Å². The third kappa shape index (κ3) is 2.54. The fraction of sp³-hybridized carbons (Fsp3) is 0.900. The quantitative estimate of drug-likeness (QED) is 0.608. The highest BCUT2D eigenvalue weighted by Crippen LogP contribution is 2.34. The Kier molecular flexibility index (Phi) is 2.54. The topological polar surface area (TPSA) is 23.8 Å². The molecule has 0 atom stereocenters. The van der Waals surface area contributed by atoms with Crippen LogP contribution in [0.2, 0.25) is 0 Å². The van der Waals surface area contributed by atoms with Gasteiger partial charge < -0.3 is 0 Å². The lowest BCUT2D eigenvalue weighted by Gasteiger charge is -2.27. The number of rotatable bonds is 3. The van der Waals surface area contributed by atoms with Gasteiger partial charge in [-0.05, 0) is 32.6 Å². The average Bonchev–Trinajstić information content (AvgIpc) is 1.84. The summed E-state index contributed by atoms with van der Waals surface area (Å²) in [5.41, 5.74) is -0.0877. The Morgan fingerprint density at radius 3 is 2.45 bits per heavy atom. The lowest BCUT2D eigenvalue weighted by Crippen LogP contribution is -2.15. The summed E-state index contributed by atoms with van der Waals surface area (Å²) in [5, 5.41) is 8.75. The van der Waals surface area contributed by atoms with Crippen molar-refractivity contribution in [2.24, 2.45) is 11.3 Å². The summed E-state index contributed by atoms with van der Waals surface area (Å²) in [7, 11) is 0. The van der Waals surface area contributed by atoms with Crippen LogP contribution in [0.4, 0.5) is 0 Å². The van der Waals surface area contributed by atoms with Gasteiger partial charge in [0.1, 0.15) is 0 Å². The van der Waals surface area contributed by atoms with Crippen molar-refractivity contribution in [3.05, 3.63) is 0 Å². The Morgan fingerprint density at radius 2 is 2.09 bits per heavy atom. The van der Waals surface area contributed by atoms with Crippen molar-refractivity contribution >= 4 is 0 Å². The van der Waals surface area contributed by atoms with Crippen LogP contribution in [0.25, 0.3) is 0 Å². The molecular weight excluding hydrogens is 134 g/mol. The van der Waals surface area contributed by atoms with Crippen LogP contribution in [-0.2, 0) is 0 Å². The number of nitriles is 1. The highest BCUT2D eigenvalue weighted by Gasteiger charge is 2.22. The summed E-state index contributed by atoms with van der Waals surface area (Å²) in [6.07, 6.45) is 6.56. The molecule has 0 aromatic carbocycles. The fourth-order valence-electron chi connectivity index (χ4n) is 1.40. The molecule has 0 radical (unpaired) electrons. The molecule has 0 aliphatic heterocycles. The Bertz CT molecular complexity index is 160.